The molecular formula is C15H12ClNO3. The van der Waals surface area contributed by atoms with Crippen molar-refractivity contribution < 1.29 is 14.7 Å². The van der Waals surface area contributed by atoms with E-state index in [1.165, 1.54) is 24.3 Å². The van der Waals surface area contributed by atoms with E-state index in [9.17, 15) is 9.59 Å². The van der Waals surface area contributed by atoms with Crippen LogP contribution in [0.1, 0.15) is 26.3 Å². The standard InChI is InChI=1S/C15H12ClNO3/c16-13-4-2-1-3-12(13)9-17-14(18)10-5-7-11(8-6-10)15(19)20/h1-8H,9H2,(H,17,18)(H,19,20). The molecular weight excluding hydrogens is 278 g/mol. The Kier molecular flexibility index (Phi) is 4.38. The van der Waals surface area contributed by atoms with Crippen LogP contribution >= 0.6 is 11.6 Å². The van der Waals surface area contributed by atoms with Crippen LogP contribution in [0.4, 0.5) is 0 Å². The van der Waals surface area contributed by atoms with Gasteiger partial charge in [-0.25, -0.2) is 4.79 Å². The van der Waals surface area contributed by atoms with Gasteiger partial charge in [0.2, 0.25) is 0 Å². The summed E-state index contributed by atoms with van der Waals surface area (Å²) in [6.07, 6.45) is 0. The fraction of sp³-hybridized carbons (Fsp3) is 0.0667. The van der Waals surface area contributed by atoms with Crippen molar-refractivity contribution in [3.05, 3.63) is 70.2 Å². The molecule has 2 aromatic carbocycles. The Morgan fingerprint density at radius 1 is 1.00 bits per heavy atom. The van der Waals surface area contributed by atoms with Crippen molar-refractivity contribution >= 4 is 23.5 Å². The summed E-state index contributed by atoms with van der Waals surface area (Å²) in [4.78, 5) is 22.6. The molecule has 2 N–H and O–H groups in total. The van der Waals surface area contributed by atoms with Crippen LogP contribution in [0.3, 0.4) is 0 Å². The molecule has 102 valence electrons. The first-order valence-electron chi connectivity index (χ1n) is 5.93. The molecule has 0 bridgehead atoms. The Morgan fingerprint density at radius 3 is 2.20 bits per heavy atom. The molecule has 0 aliphatic heterocycles. The molecule has 4 nitrogen and oxygen atoms in total. The molecule has 0 unspecified atom stereocenters. The zero-order chi connectivity index (χ0) is 14.5. The molecule has 2 rings (SSSR count). The smallest absolute Gasteiger partial charge is 0.335 e. The van der Waals surface area contributed by atoms with Crippen molar-refractivity contribution in [1.29, 1.82) is 0 Å². The zero-order valence-electron chi connectivity index (χ0n) is 10.5. The van der Waals surface area contributed by atoms with Crippen LogP contribution in [0.2, 0.25) is 5.02 Å². The zero-order valence-corrected chi connectivity index (χ0v) is 11.2. The highest BCUT2D eigenvalue weighted by Crippen LogP contribution is 2.14. The highest BCUT2D eigenvalue weighted by atomic mass is 35.5. The molecule has 0 aliphatic rings. The summed E-state index contributed by atoms with van der Waals surface area (Å²) in [5.74, 6) is -1.30. The summed E-state index contributed by atoms with van der Waals surface area (Å²) >= 11 is 5.99. The van der Waals surface area contributed by atoms with Crippen LogP contribution < -0.4 is 5.32 Å². The van der Waals surface area contributed by atoms with Gasteiger partial charge in [-0.05, 0) is 35.9 Å². The topological polar surface area (TPSA) is 66.4 Å². The predicted molar refractivity (Wildman–Crippen MR) is 76.0 cm³/mol. The van der Waals surface area contributed by atoms with E-state index in [0.717, 1.165) is 5.56 Å². The molecule has 0 fully saturated rings. The lowest BCUT2D eigenvalue weighted by Crippen LogP contribution is -2.22. The van der Waals surface area contributed by atoms with E-state index in [4.69, 9.17) is 16.7 Å². The lowest BCUT2D eigenvalue weighted by Gasteiger charge is -2.07. The number of aromatic carboxylic acids is 1. The van der Waals surface area contributed by atoms with Gasteiger partial charge in [-0.3, -0.25) is 4.79 Å². The Balaban J connectivity index is 2.02. The summed E-state index contributed by atoms with van der Waals surface area (Å²) in [6.45, 7) is 0.319. The van der Waals surface area contributed by atoms with Crippen molar-refractivity contribution in [1.82, 2.24) is 5.32 Å². The second kappa shape index (κ2) is 6.21. The lowest BCUT2D eigenvalue weighted by atomic mass is 10.1. The van der Waals surface area contributed by atoms with Gasteiger partial charge < -0.3 is 10.4 Å². The molecule has 0 aromatic heterocycles. The number of carboxylic acid groups (broad SMARTS) is 1. The summed E-state index contributed by atoms with van der Waals surface area (Å²) < 4.78 is 0. The van der Waals surface area contributed by atoms with E-state index in [-0.39, 0.29) is 11.5 Å². The average molecular weight is 290 g/mol. The molecule has 1 amide bonds. The Bertz CT molecular complexity index is 638. The highest BCUT2D eigenvalue weighted by molar-refractivity contribution is 6.31. The van der Waals surface area contributed by atoms with Crippen LogP contribution in [0.25, 0.3) is 0 Å². The third kappa shape index (κ3) is 3.36. The van der Waals surface area contributed by atoms with Gasteiger partial charge in [-0.2, -0.15) is 0 Å². The number of hydrogen-bond donors (Lipinski definition) is 2. The first-order chi connectivity index (χ1) is 9.58. The normalized spacial score (nSPS) is 10.1. The molecule has 0 atom stereocenters. The number of amides is 1. The first kappa shape index (κ1) is 14.1. The molecule has 0 heterocycles. The Labute approximate surface area is 121 Å². The first-order valence-corrected chi connectivity index (χ1v) is 6.30. The van der Waals surface area contributed by atoms with Gasteiger partial charge in [-0.1, -0.05) is 29.8 Å². The molecule has 0 radical (unpaired) electrons. The van der Waals surface area contributed by atoms with Crippen LogP contribution in [0, 0.1) is 0 Å². The van der Waals surface area contributed by atoms with Gasteiger partial charge in [0.1, 0.15) is 0 Å². The second-order valence-corrected chi connectivity index (χ2v) is 4.56. The molecule has 0 aliphatic carbocycles. The lowest BCUT2D eigenvalue weighted by molar-refractivity contribution is 0.0696. The maximum absolute atomic E-state index is 11.9. The highest BCUT2D eigenvalue weighted by Gasteiger charge is 2.08. The van der Waals surface area contributed by atoms with Crippen molar-refractivity contribution in [3.63, 3.8) is 0 Å². The average Bonchev–Trinajstić information content (AvgIpc) is 2.46. The van der Waals surface area contributed by atoms with Gasteiger partial charge in [0.05, 0.1) is 5.56 Å². The van der Waals surface area contributed by atoms with E-state index in [1.54, 1.807) is 6.07 Å². The Hall–Kier alpha value is -2.33. The fourth-order valence-corrected chi connectivity index (χ4v) is 1.89. The summed E-state index contributed by atoms with van der Waals surface area (Å²) in [6, 6.07) is 13.0. The number of halogens is 1. The maximum Gasteiger partial charge on any atom is 0.335 e. The monoisotopic (exact) mass is 289 g/mol. The summed E-state index contributed by atoms with van der Waals surface area (Å²) in [5.41, 5.74) is 1.37. The fourth-order valence-electron chi connectivity index (χ4n) is 1.68. The minimum atomic E-state index is -1.02. The van der Waals surface area contributed by atoms with E-state index in [0.29, 0.717) is 17.1 Å². The largest absolute Gasteiger partial charge is 0.478 e. The molecule has 5 heteroatoms. The third-order valence-corrected chi connectivity index (χ3v) is 3.16. The van der Waals surface area contributed by atoms with Gasteiger partial charge >= 0.3 is 5.97 Å². The molecule has 2 aromatic rings. The van der Waals surface area contributed by atoms with Gasteiger partial charge in [0.15, 0.2) is 0 Å². The number of carboxylic acids is 1. The van der Waals surface area contributed by atoms with Crippen molar-refractivity contribution in [2.24, 2.45) is 0 Å². The molecule has 0 spiro atoms. The number of benzene rings is 2. The number of rotatable bonds is 4. The van der Waals surface area contributed by atoms with Gasteiger partial charge in [0, 0.05) is 17.1 Å². The number of carbonyl (C=O) groups is 2. The Morgan fingerprint density at radius 2 is 1.60 bits per heavy atom. The summed E-state index contributed by atoms with van der Waals surface area (Å²) in [5, 5.41) is 12.1. The van der Waals surface area contributed by atoms with Crippen molar-refractivity contribution in [2.75, 3.05) is 0 Å². The van der Waals surface area contributed by atoms with Crippen molar-refractivity contribution in [3.8, 4) is 0 Å². The van der Waals surface area contributed by atoms with E-state index < -0.39 is 5.97 Å². The quantitative estimate of drug-likeness (QED) is 0.909. The van der Waals surface area contributed by atoms with E-state index >= 15 is 0 Å². The molecule has 20 heavy (non-hydrogen) atoms. The van der Waals surface area contributed by atoms with Crippen LogP contribution in [0.15, 0.2) is 48.5 Å². The SMILES string of the molecule is O=C(O)c1ccc(C(=O)NCc2ccccc2Cl)cc1. The van der Waals surface area contributed by atoms with Crippen LogP contribution in [0.5, 0.6) is 0 Å². The third-order valence-electron chi connectivity index (χ3n) is 2.79. The number of nitrogens with one attached hydrogen (secondary N) is 1. The minimum Gasteiger partial charge on any atom is -0.478 e. The van der Waals surface area contributed by atoms with E-state index in [2.05, 4.69) is 5.32 Å². The van der Waals surface area contributed by atoms with Crippen LogP contribution in [-0.2, 0) is 6.54 Å². The predicted octanol–water partition coefficient (Wildman–Crippen LogP) is 2.97. The maximum atomic E-state index is 11.9. The van der Waals surface area contributed by atoms with Crippen molar-refractivity contribution in [2.45, 2.75) is 6.54 Å². The molecule has 0 saturated heterocycles. The number of hydrogen-bond acceptors (Lipinski definition) is 2. The number of carbonyl (C=O) groups excluding carboxylic acids is 1. The molecule has 0 saturated carbocycles. The summed E-state index contributed by atoms with van der Waals surface area (Å²) in [7, 11) is 0. The van der Waals surface area contributed by atoms with Gasteiger partial charge in [-0.15, -0.1) is 0 Å². The second-order valence-electron chi connectivity index (χ2n) is 4.16. The van der Waals surface area contributed by atoms with Crippen LogP contribution in [-0.4, -0.2) is 17.0 Å². The minimum absolute atomic E-state index is 0.146. The van der Waals surface area contributed by atoms with E-state index in [1.807, 2.05) is 18.2 Å². The van der Waals surface area contributed by atoms with Gasteiger partial charge in [0.25, 0.3) is 5.91 Å².